The van der Waals surface area contributed by atoms with Crippen LogP contribution in [0.5, 0.6) is 0 Å². The summed E-state index contributed by atoms with van der Waals surface area (Å²) in [6.45, 7) is 2.12. The molecule has 1 aliphatic heterocycles. The van der Waals surface area contributed by atoms with Crippen LogP contribution in [0.25, 0.3) is 0 Å². The number of H-pyrrole nitrogens is 1. The lowest BCUT2D eigenvalue weighted by Gasteiger charge is -2.25. The lowest BCUT2D eigenvalue weighted by Crippen LogP contribution is -2.42. The molecule has 0 bridgehead atoms. The van der Waals surface area contributed by atoms with Gasteiger partial charge in [-0.25, -0.2) is 9.59 Å². The zero-order chi connectivity index (χ0) is 21.7. The van der Waals surface area contributed by atoms with Crippen LogP contribution < -0.4 is 11.2 Å². The lowest BCUT2D eigenvalue weighted by atomic mass is 10.1. The number of aryl methyl sites for hydroxylation is 1. The second-order valence-corrected chi connectivity index (χ2v) is 7.64. The van der Waals surface area contributed by atoms with Gasteiger partial charge in [0.1, 0.15) is 12.2 Å². The van der Waals surface area contributed by atoms with Crippen molar-refractivity contribution in [3.63, 3.8) is 0 Å². The van der Waals surface area contributed by atoms with E-state index in [9.17, 15) is 14.4 Å². The summed E-state index contributed by atoms with van der Waals surface area (Å²) < 4.78 is 24.6. The van der Waals surface area contributed by atoms with Gasteiger partial charge in [-0.05, 0) is 19.1 Å². The van der Waals surface area contributed by atoms with E-state index in [1.54, 1.807) is 44.4 Å². The predicted octanol–water partition coefficient (Wildman–Crippen LogP) is 1.43. The van der Waals surface area contributed by atoms with Gasteiger partial charge in [-0.3, -0.25) is 14.3 Å². The molecule has 0 spiro atoms. The third kappa shape index (κ3) is 4.99. The quantitative estimate of drug-likeness (QED) is 0.238. The normalized spacial score (nSPS) is 23.4. The van der Waals surface area contributed by atoms with E-state index in [4.69, 9.17) is 18.9 Å². The Kier molecular flexibility index (Phi) is 7.81. The molecule has 10 heteroatoms. The molecule has 0 amide bonds. The molecule has 1 fully saturated rings. The number of ether oxygens (including phenoxy) is 4. The van der Waals surface area contributed by atoms with Crippen LogP contribution in [0.2, 0.25) is 0 Å². The molecule has 162 valence electrons. The molecule has 9 nitrogen and oxygen atoms in total. The topological polar surface area (TPSA) is 109 Å². The highest BCUT2D eigenvalue weighted by atomic mass is 127. The Morgan fingerprint density at radius 3 is 2.60 bits per heavy atom. The van der Waals surface area contributed by atoms with E-state index in [0.29, 0.717) is 22.2 Å². The number of benzene rings is 1. The van der Waals surface area contributed by atoms with Crippen molar-refractivity contribution < 1.29 is 23.7 Å². The molecule has 0 saturated carbocycles. The Balaban J connectivity index is 1.93. The third-order valence-electron chi connectivity index (χ3n) is 4.71. The molecule has 30 heavy (non-hydrogen) atoms. The van der Waals surface area contributed by atoms with Crippen molar-refractivity contribution in [2.24, 2.45) is 0 Å². The van der Waals surface area contributed by atoms with Crippen molar-refractivity contribution in [3.8, 4) is 0 Å². The summed E-state index contributed by atoms with van der Waals surface area (Å²) in [4.78, 5) is 39.1. The van der Waals surface area contributed by atoms with Crippen LogP contribution in [0.1, 0.15) is 22.1 Å². The number of rotatable bonds is 8. The van der Waals surface area contributed by atoms with Gasteiger partial charge in [0, 0.05) is 23.3 Å². The van der Waals surface area contributed by atoms with Gasteiger partial charge in [0.05, 0.1) is 18.8 Å². The van der Waals surface area contributed by atoms with Gasteiger partial charge in [-0.1, -0.05) is 40.8 Å². The largest absolute Gasteiger partial charge is 0.453 e. The zero-order valence-electron chi connectivity index (χ0n) is 16.6. The number of esters is 1. The summed E-state index contributed by atoms with van der Waals surface area (Å²) in [5, 5.41) is 0. The molecule has 0 radical (unpaired) electrons. The Bertz CT molecular complexity index is 975. The second kappa shape index (κ2) is 10.3. The number of hydrogen-bond donors (Lipinski definition) is 1. The highest BCUT2D eigenvalue weighted by Gasteiger charge is 2.49. The number of carbonyl (C=O) groups excluding carboxylic acids is 1. The van der Waals surface area contributed by atoms with Crippen molar-refractivity contribution in [2.75, 3.05) is 24.8 Å². The third-order valence-corrected chi connectivity index (χ3v) is 5.58. The maximum Gasteiger partial charge on any atom is 0.338 e. The Morgan fingerprint density at radius 2 is 1.93 bits per heavy atom. The van der Waals surface area contributed by atoms with E-state index in [2.05, 4.69) is 27.6 Å². The SMILES string of the molecule is COCCO[C@@H]1[C@H](OC(=O)c2ccccc2)[C@@H](CI)O[C@H]1n1cc(C)c(=O)[nH]c1=O. The van der Waals surface area contributed by atoms with Crippen LogP contribution >= 0.6 is 22.6 Å². The number of alkyl halides is 1. The summed E-state index contributed by atoms with van der Waals surface area (Å²) in [6.07, 6.45) is -1.48. The van der Waals surface area contributed by atoms with E-state index in [0.717, 1.165) is 0 Å². The average molecular weight is 530 g/mol. The number of aromatic nitrogens is 2. The van der Waals surface area contributed by atoms with E-state index in [1.807, 2.05) is 0 Å². The first kappa shape index (κ1) is 22.7. The number of nitrogens with one attached hydrogen (secondary N) is 1. The summed E-state index contributed by atoms with van der Waals surface area (Å²) >= 11 is 2.13. The zero-order valence-corrected chi connectivity index (χ0v) is 18.7. The maximum atomic E-state index is 12.7. The maximum absolute atomic E-state index is 12.7. The summed E-state index contributed by atoms with van der Waals surface area (Å²) in [7, 11) is 1.54. The molecule has 1 N–H and O–H groups in total. The van der Waals surface area contributed by atoms with Crippen molar-refractivity contribution >= 4 is 28.6 Å². The first-order valence-electron chi connectivity index (χ1n) is 9.36. The van der Waals surface area contributed by atoms with Gasteiger partial charge in [-0.2, -0.15) is 0 Å². The van der Waals surface area contributed by atoms with E-state index in [-0.39, 0.29) is 6.61 Å². The molecular weight excluding hydrogens is 507 g/mol. The first-order valence-corrected chi connectivity index (χ1v) is 10.9. The molecule has 1 saturated heterocycles. The van der Waals surface area contributed by atoms with Crippen LogP contribution in [0.4, 0.5) is 0 Å². The number of nitrogens with zero attached hydrogens (tertiary/aromatic N) is 1. The number of methoxy groups -OCH3 is 1. The fraction of sp³-hybridized carbons (Fsp3) is 0.450. The van der Waals surface area contributed by atoms with Gasteiger partial charge in [0.25, 0.3) is 5.56 Å². The van der Waals surface area contributed by atoms with Gasteiger partial charge in [0.15, 0.2) is 12.3 Å². The highest BCUT2D eigenvalue weighted by Crippen LogP contribution is 2.34. The molecule has 1 aliphatic rings. The molecular formula is C20H23IN2O7. The van der Waals surface area contributed by atoms with Crippen molar-refractivity contribution in [1.82, 2.24) is 9.55 Å². The smallest absolute Gasteiger partial charge is 0.338 e. The fourth-order valence-corrected chi connectivity index (χ4v) is 3.89. The number of carbonyl (C=O) groups is 1. The lowest BCUT2D eigenvalue weighted by molar-refractivity contribution is -0.0815. The molecule has 1 aromatic heterocycles. The molecule has 4 atom stereocenters. The standard InChI is InChI=1S/C20H23IN2O7/c1-12-11-23(20(26)22-17(12)24)18-16(28-9-8-27-2)15(14(10-21)29-18)30-19(25)13-6-4-3-5-7-13/h3-7,11,14-16,18H,8-10H2,1-2H3,(H,22,24,26)/t14-,15-,16-,18-/m1/s1. The van der Waals surface area contributed by atoms with E-state index in [1.165, 1.54) is 10.8 Å². The van der Waals surface area contributed by atoms with E-state index < -0.39 is 41.8 Å². The molecule has 0 aliphatic carbocycles. The van der Waals surface area contributed by atoms with Gasteiger partial charge in [0.2, 0.25) is 0 Å². The summed E-state index contributed by atoms with van der Waals surface area (Å²) in [5.74, 6) is -0.509. The average Bonchev–Trinajstić information content (AvgIpc) is 3.08. The molecule has 1 aromatic carbocycles. The van der Waals surface area contributed by atoms with Crippen LogP contribution in [0, 0.1) is 6.92 Å². The number of halogens is 1. The van der Waals surface area contributed by atoms with Gasteiger partial charge < -0.3 is 18.9 Å². The molecule has 3 rings (SSSR count). The molecule has 2 heterocycles. The Labute approximate surface area is 186 Å². The highest BCUT2D eigenvalue weighted by molar-refractivity contribution is 14.1. The van der Waals surface area contributed by atoms with Crippen LogP contribution in [0.15, 0.2) is 46.1 Å². The van der Waals surface area contributed by atoms with Gasteiger partial charge in [-0.15, -0.1) is 0 Å². The van der Waals surface area contributed by atoms with Crippen molar-refractivity contribution in [3.05, 3.63) is 68.5 Å². The second-order valence-electron chi connectivity index (χ2n) is 6.76. The monoisotopic (exact) mass is 530 g/mol. The fourth-order valence-electron chi connectivity index (χ4n) is 3.18. The Morgan fingerprint density at radius 1 is 1.20 bits per heavy atom. The van der Waals surface area contributed by atoms with Crippen molar-refractivity contribution in [2.45, 2.75) is 31.5 Å². The molecule has 0 unspecified atom stereocenters. The number of aromatic amines is 1. The minimum Gasteiger partial charge on any atom is -0.453 e. The summed E-state index contributed by atoms with van der Waals surface area (Å²) in [6, 6.07) is 8.61. The number of hydrogen-bond acceptors (Lipinski definition) is 7. The summed E-state index contributed by atoms with van der Waals surface area (Å²) in [5.41, 5.74) is -0.341. The van der Waals surface area contributed by atoms with Gasteiger partial charge >= 0.3 is 11.7 Å². The van der Waals surface area contributed by atoms with Crippen LogP contribution in [-0.4, -0.2) is 58.6 Å². The van der Waals surface area contributed by atoms with Crippen molar-refractivity contribution in [1.29, 1.82) is 0 Å². The van der Waals surface area contributed by atoms with Crippen LogP contribution in [-0.2, 0) is 18.9 Å². The van der Waals surface area contributed by atoms with Crippen LogP contribution in [0.3, 0.4) is 0 Å². The van der Waals surface area contributed by atoms with E-state index >= 15 is 0 Å². The molecule has 2 aromatic rings. The Hall–Kier alpha value is -2.02. The first-order chi connectivity index (χ1) is 14.5. The minimum absolute atomic E-state index is 0.214. The minimum atomic E-state index is -0.877. The predicted molar refractivity (Wildman–Crippen MR) is 116 cm³/mol.